The molecule has 1 amide bonds. The number of rotatable bonds is 9. The van der Waals surface area contributed by atoms with E-state index < -0.39 is 12.0 Å². The van der Waals surface area contributed by atoms with E-state index in [-0.39, 0.29) is 30.7 Å². The highest BCUT2D eigenvalue weighted by molar-refractivity contribution is 7.98. The number of aromatic nitrogens is 2. The largest absolute Gasteiger partial charge is 0.467 e. The number of imidazole rings is 1. The molecule has 3 N–H and O–H groups in total. The lowest BCUT2D eigenvalue weighted by molar-refractivity contribution is -0.142. The van der Waals surface area contributed by atoms with Crippen LogP contribution in [0.5, 0.6) is 0 Å². The number of carbonyl (C=O) groups excluding carboxylic acids is 2. The van der Waals surface area contributed by atoms with Gasteiger partial charge in [-0.05, 0) is 42.7 Å². The van der Waals surface area contributed by atoms with Crippen LogP contribution in [0.2, 0.25) is 0 Å². The summed E-state index contributed by atoms with van der Waals surface area (Å²) in [6.07, 6.45) is 5.85. The molecule has 0 saturated carbocycles. The molecular weight excluding hydrogens is 411 g/mol. The van der Waals surface area contributed by atoms with Crippen LogP contribution in [0.1, 0.15) is 22.5 Å². The Morgan fingerprint density at radius 3 is 2.52 bits per heavy atom. The third-order valence-electron chi connectivity index (χ3n) is 3.59. The van der Waals surface area contributed by atoms with Crippen molar-refractivity contribution in [2.24, 2.45) is 0 Å². The minimum atomic E-state index is -0.636. The molecular formula is C17H24Cl2N4O3S. The van der Waals surface area contributed by atoms with E-state index in [1.54, 1.807) is 36.4 Å². The molecule has 1 unspecified atom stereocenters. The lowest BCUT2D eigenvalue weighted by atomic mass is 10.1. The Kier molecular flexibility index (Phi) is 12.4. The van der Waals surface area contributed by atoms with Gasteiger partial charge in [0.2, 0.25) is 0 Å². The quantitative estimate of drug-likeness (QED) is 0.525. The number of esters is 1. The van der Waals surface area contributed by atoms with Gasteiger partial charge in [-0.1, -0.05) is 0 Å². The number of amides is 1. The average molecular weight is 435 g/mol. The number of hydrogen-bond donors (Lipinski definition) is 3. The second-order valence-electron chi connectivity index (χ2n) is 5.34. The fourth-order valence-corrected chi connectivity index (χ4v) is 2.66. The number of anilines is 1. The predicted octanol–water partition coefficient (Wildman–Crippen LogP) is 2.89. The highest BCUT2D eigenvalue weighted by atomic mass is 35.5. The first-order valence-electron chi connectivity index (χ1n) is 7.83. The molecule has 7 nitrogen and oxygen atoms in total. The van der Waals surface area contributed by atoms with Gasteiger partial charge in [-0.25, -0.2) is 9.78 Å². The van der Waals surface area contributed by atoms with Gasteiger partial charge >= 0.3 is 5.97 Å². The number of H-pyrrole nitrogens is 1. The van der Waals surface area contributed by atoms with Gasteiger partial charge in [-0.2, -0.15) is 11.8 Å². The van der Waals surface area contributed by atoms with Gasteiger partial charge in [0.1, 0.15) is 6.04 Å². The summed E-state index contributed by atoms with van der Waals surface area (Å²) in [5.74, 6) is 0.0353. The molecule has 1 heterocycles. The molecule has 2 rings (SSSR count). The van der Waals surface area contributed by atoms with E-state index in [0.29, 0.717) is 18.5 Å². The second-order valence-corrected chi connectivity index (χ2v) is 6.32. The molecule has 0 bridgehead atoms. The topological polar surface area (TPSA) is 96.1 Å². The second kappa shape index (κ2) is 13.3. The van der Waals surface area contributed by atoms with Gasteiger partial charge in [0.05, 0.1) is 25.7 Å². The molecule has 10 heteroatoms. The van der Waals surface area contributed by atoms with E-state index in [9.17, 15) is 9.59 Å². The summed E-state index contributed by atoms with van der Waals surface area (Å²) >= 11 is 1.61. The molecule has 2 aromatic rings. The third kappa shape index (κ3) is 8.11. The molecule has 1 aromatic heterocycles. The van der Waals surface area contributed by atoms with Crippen LogP contribution in [-0.2, 0) is 16.1 Å². The van der Waals surface area contributed by atoms with Crippen LogP contribution in [0, 0.1) is 0 Å². The number of methoxy groups -OCH3 is 1. The number of thioether (sulfide) groups is 1. The number of halogens is 2. The number of aromatic amines is 1. The Labute approximate surface area is 175 Å². The smallest absolute Gasteiger partial charge is 0.328 e. The van der Waals surface area contributed by atoms with Crippen LogP contribution in [0.15, 0.2) is 36.8 Å². The molecule has 0 aliphatic rings. The van der Waals surface area contributed by atoms with Gasteiger partial charge in [0.15, 0.2) is 0 Å². The Bertz CT molecular complexity index is 684. The van der Waals surface area contributed by atoms with Crippen molar-refractivity contribution in [1.82, 2.24) is 15.3 Å². The van der Waals surface area contributed by atoms with Crippen LogP contribution in [-0.4, -0.2) is 47.0 Å². The summed E-state index contributed by atoms with van der Waals surface area (Å²) in [7, 11) is 1.32. The van der Waals surface area contributed by atoms with Gasteiger partial charge < -0.3 is 20.4 Å². The van der Waals surface area contributed by atoms with Crippen LogP contribution in [0.3, 0.4) is 0 Å². The SMILES string of the molecule is COC(=O)C(CCSC)NC(=O)c1ccc(NCc2cnc[nH]2)cc1.Cl.Cl. The number of nitrogens with zero attached hydrogens (tertiary/aromatic N) is 1. The van der Waals surface area contributed by atoms with Gasteiger partial charge in [0.25, 0.3) is 5.91 Å². The monoisotopic (exact) mass is 434 g/mol. The number of carbonyl (C=O) groups is 2. The maximum Gasteiger partial charge on any atom is 0.328 e. The zero-order valence-corrected chi connectivity index (χ0v) is 17.5. The molecule has 150 valence electrons. The van der Waals surface area contributed by atoms with E-state index in [1.807, 2.05) is 18.4 Å². The highest BCUT2D eigenvalue weighted by Crippen LogP contribution is 2.11. The fraction of sp³-hybridized carbons (Fsp3) is 0.353. The minimum Gasteiger partial charge on any atom is -0.467 e. The van der Waals surface area contributed by atoms with Crippen molar-refractivity contribution in [2.75, 3.05) is 24.4 Å². The molecule has 0 radical (unpaired) electrons. The lowest BCUT2D eigenvalue weighted by Gasteiger charge is -2.16. The lowest BCUT2D eigenvalue weighted by Crippen LogP contribution is -2.41. The first-order chi connectivity index (χ1) is 12.1. The summed E-state index contributed by atoms with van der Waals surface area (Å²) in [5.41, 5.74) is 2.35. The first kappa shape index (κ1) is 25.1. The fourth-order valence-electron chi connectivity index (χ4n) is 2.19. The zero-order valence-electron chi connectivity index (χ0n) is 15.1. The summed E-state index contributed by atoms with van der Waals surface area (Å²) in [6, 6.07) is 6.44. The zero-order chi connectivity index (χ0) is 18.1. The van der Waals surface area contributed by atoms with Crippen LogP contribution >= 0.6 is 36.6 Å². The van der Waals surface area contributed by atoms with Crippen molar-refractivity contribution in [1.29, 1.82) is 0 Å². The summed E-state index contributed by atoms with van der Waals surface area (Å²) in [4.78, 5) is 31.1. The average Bonchev–Trinajstić information content (AvgIpc) is 3.16. The standard InChI is InChI=1S/C17H22N4O3S.2ClH/c1-24-17(23)15(7-8-25-2)21-16(22)12-3-5-13(6-4-12)19-10-14-9-18-11-20-14;;/h3-6,9,11,15,19H,7-8,10H2,1-2H3,(H,18,20)(H,21,22);2*1H. The molecule has 0 aliphatic heterocycles. The summed E-state index contributed by atoms with van der Waals surface area (Å²) in [5, 5.41) is 5.96. The molecule has 0 spiro atoms. The van der Waals surface area contributed by atoms with E-state index in [1.165, 1.54) is 7.11 Å². The Morgan fingerprint density at radius 1 is 1.26 bits per heavy atom. The van der Waals surface area contributed by atoms with E-state index in [0.717, 1.165) is 17.1 Å². The minimum absolute atomic E-state index is 0. The molecule has 1 aromatic carbocycles. The van der Waals surface area contributed by atoms with Gasteiger partial charge in [-0.15, -0.1) is 24.8 Å². The van der Waals surface area contributed by atoms with Crippen molar-refractivity contribution in [2.45, 2.75) is 19.0 Å². The number of benzene rings is 1. The summed E-state index contributed by atoms with van der Waals surface area (Å²) in [6.45, 7) is 0.616. The molecule has 0 fully saturated rings. The van der Waals surface area contributed by atoms with E-state index in [4.69, 9.17) is 4.74 Å². The molecule has 27 heavy (non-hydrogen) atoms. The highest BCUT2D eigenvalue weighted by Gasteiger charge is 2.21. The van der Waals surface area contributed by atoms with Crippen LogP contribution in [0.25, 0.3) is 0 Å². The summed E-state index contributed by atoms with van der Waals surface area (Å²) < 4.78 is 4.75. The first-order valence-corrected chi connectivity index (χ1v) is 9.22. The van der Waals surface area contributed by atoms with Crippen molar-refractivity contribution in [3.8, 4) is 0 Å². The van der Waals surface area contributed by atoms with Crippen molar-refractivity contribution in [3.05, 3.63) is 48.0 Å². The Morgan fingerprint density at radius 2 is 1.96 bits per heavy atom. The number of ether oxygens (including phenoxy) is 1. The van der Waals surface area contributed by atoms with Crippen molar-refractivity contribution in [3.63, 3.8) is 0 Å². The normalized spacial score (nSPS) is 10.7. The maximum atomic E-state index is 12.3. The van der Waals surface area contributed by atoms with Crippen LogP contribution in [0.4, 0.5) is 5.69 Å². The van der Waals surface area contributed by atoms with Gasteiger partial charge in [-0.3, -0.25) is 4.79 Å². The Hall–Kier alpha value is -1.90. The van der Waals surface area contributed by atoms with Crippen molar-refractivity contribution < 1.29 is 14.3 Å². The Balaban J connectivity index is 0.00000338. The van der Waals surface area contributed by atoms with E-state index >= 15 is 0 Å². The number of nitrogens with one attached hydrogen (secondary N) is 3. The third-order valence-corrected chi connectivity index (χ3v) is 4.23. The van der Waals surface area contributed by atoms with E-state index in [2.05, 4.69) is 20.6 Å². The predicted molar refractivity (Wildman–Crippen MR) is 113 cm³/mol. The molecule has 0 saturated heterocycles. The van der Waals surface area contributed by atoms with Crippen molar-refractivity contribution >= 4 is 54.1 Å². The van der Waals surface area contributed by atoms with Crippen LogP contribution < -0.4 is 10.6 Å². The maximum absolute atomic E-state index is 12.3. The molecule has 0 aliphatic carbocycles. The molecule has 1 atom stereocenters. The van der Waals surface area contributed by atoms with Gasteiger partial charge in [0, 0.05) is 17.4 Å². The number of hydrogen-bond acceptors (Lipinski definition) is 6.